The van der Waals surface area contributed by atoms with E-state index in [0.717, 1.165) is 10.8 Å². The van der Waals surface area contributed by atoms with Gasteiger partial charge in [0.15, 0.2) is 0 Å². The first-order valence-electron chi connectivity index (χ1n) is 7.07. The molecule has 2 N–H and O–H groups in total. The molecule has 7 heteroatoms. The molecule has 122 valence electrons. The second kappa shape index (κ2) is 6.42. The summed E-state index contributed by atoms with van der Waals surface area (Å²) in [6, 6.07) is 6.91. The van der Waals surface area contributed by atoms with E-state index >= 15 is 0 Å². The number of amides is 1. The Morgan fingerprint density at radius 2 is 1.91 bits per heavy atom. The van der Waals surface area contributed by atoms with Crippen LogP contribution in [0.2, 0.25) is 5.02 Å². The van der Waals surface area contributed by atoms with Crippen molar-refractivity contribution < 1.29 is 4.79 Å². The van der Waals surface area contributed by atoms with E-state index in [4.69, 9.17) is 11.6 Å². The molecule has 6 nitrogen and oxygen atoms in total. The predicted octanol–water partition coefficient (Wildman–Crippen LogP) is 1.77. The number of hydrogen-bond donors (Lipinski definition) is 2. The molecule has 0 radical (unpaired) electrons. The van der Waals surface area contributed by atoms with E-state index in [0.29, 0.717) is 10.6 Å². The second-order valence-corrected chi connectivity index (χ2v) is 6.60. The molecule has 0 bridgehead atoms. The van der Waals surface area contributed by atoms with Gasteiger partial charge in [0, 0.05) is 16.8 Å². The molecule has 1 aromatic carbocycles. The predicted molar refractivity (Wildman–Crippen MR) is 89.1 cm³/mol. The lowest BCUT2D eigenvalue weighted by Crippen LogP contribution is -2.45. The zero-order chi connectivity index (χ0) is 17.2. The molecule has 0 aliphatic heterocycles. The van der Waals surface area contributed by atoms with Gasteiger partial charge in [-0.15, -0.1) is 0 Å². The average molecular weight is 336 g/mol. The number of rotatable bonds is 3. The fourth-order valence-corrected chi connectivity index (χ4v) is 2.22. The number of aromatic nitrogens is 2. The SMILES string of the molecule is CC(C)(C)NC(=O)c1c[nH]c(=O)n(Cc2ccccc2Cl)c1=O. The maximum absolute atomic E-state index is 12.5. The van der Waals surface area contributed by atoms with Crippen molar-refractivity contribution in [3.8, 4) is 0 Å². The van der Waals surface area contributed by atoms with Crippen LogP contribution in [-0.4, -0.2) is 21.0 Å². The maximum Gasteiger partial charge on any atom is 0.328 e. The minimum absolute atomic E-state index is 0.00945. The van der Waals surface area contributed by atoms with Crippen LogP contribution in [0.25, 0.3) is 0 Å². The van der Waals surface area contributed by atoms with Crippen LogP contribution in [0.5, 0.6) is 0 Å². The number of aromatic amines is 1. The third kappa shape index (κ3) is 4.10. The Morgan fingerprint density at radius 3 is 2.52 bits per heavy atom. The summed E-state index contributed by atoms with van der Waals surface area (Å²) in [4.78, 5) is 39.0. The van der Waals surface area contributed by atoms with Gasteiger partial charge in [0.05, 0.1) is 6.54 Å². The molecule has 2 aromatic rings. The zero-order valence-electron chi connectivity index (χ0n) is 13.1. The summed E-state index contributed by atoms with van der Waals surface area (Å²) in [5.41, 5.74) is -1.24. The highest BCUT2D eigenvalue weighted by Gasteiger charge is 2.20. The van der Waals surface area contributed by atoms with Gasteiger partial charge >= 0.3 is 5.69 Å². The highest BCUT2D eigenvalue weighted by Crippen LogP contribution is 2.14. The summed E-state index contributed by atoms with van der Waals surface area (Å²) in [6.07, 6.45) is 1.13. The van der Waals surface area contributed by atoms with Crippen LogP contribution in [0, 0.1) is 0 Å². The van der Waals surface area contributed by atoms with Crippen LogP contribution < -0.4 is 16.6 Å². The molecule has 1 heterocycles. The normalized spacial score (nSPS) is 11.3. The monoisotopic (exact) mass is 335 g/mol. The Morgan fingerprint density at radius 1 is 1.26 bits per heavy atom. The molecule has 1 aromatic heterocycles. The van der Waals surface area contributed by atoms with Crippen molar-refractivity contribution in [3.63, 3.8) is 0 Å². The van der Waals surface area contributed by atoms with Crippen LogP contribution in [0.1, 0.15) is 36.7 Å². The smallest absolute Gasteiger partial charge is 0.328 e. The van der Waals surface area contributed by atoms with Crippen LogP contribution in [0.15, 0.2) is 40.1 Å². The van der Waals surface area contributed by atoms with E-state index in [1.165, 1.54) is 0 Å². The fraction of sp³-hybridized carbons (Fsp3) is 0.312. The van der Waals surface area contributed by atoms with Crippen molar-refractivity contribution in [3.05, 3.63) is 67.4 Å². The minimum Gasteiger partial charge on any atom is -0.347 e. The summed E-state index contributed by atoms with van der Waals surface area (Å²) in [5, 5.41) is 3.15. The van der Waals surface area contributed by atoms with Gasteiger partial charge in [-0.3, -0.25) is 14.2 Å². The second-order valence-electron chi connectivity index (χ2n) is 6.19. The summed E-state index contributed by atoms with van der Waals surface area (Å²) in [6.45, 7) is 5.40. The summed E-state index contributed by atoms with van der Waals surface area (Å²) in [7, 11) is 0. The molecule has 23 heavy (non-hydrogen) atoms. The van der Waals surface area contributed by atoms with E-state index < -0.39 is 22.7 Å². The zero-order valence-corrected chi connectivity index (χ0v) is 13.9. The lowest BCUT2D eigenvalue weighted by molar-refractivity contribution is 0.0917. The van der Waals surface area contributed by atoms with Crippen molar-refractivity contribution in [2.45, 2.75) is 32.9 Å². The quantitative estimate of drug-likeness (QED) is 0.896. The van der Waals surface area contributed by atoms with E-state index in [-0.39, 0.29) is 12.1 Å². The lowest BCUT2D eigenvalue weighted by Gasteiger charge is -2.20. The molecule has 2 rings (SSSR count). The highest BCUT2D eigenvalue weighted by atomic mass is 35.5. The fourth-order valence-electron chi connectivity index (χ4n) is 2.02. The molecule has 0 saturated carbocycles. The minimum atomic E-state index is -0.657. The van der Waals surface area contributed by atoms with Gasteiger partial charge in [-0.25, -0.2) is 4.79 Å². The first-order chi connectivity index (χ1) is 10.7. The summed E-state index contributed by atoms with van der Waals surface area (Å²) >= 11 is 6.06. The van der Waals surface area contributed by atoms with E-state index in [2.05, 4.69) is 10.3 Å². The number of hydrogen-bond acceptors (Lipinski definition) is 3. The van der Waals surface area contributed by atoms with Gasteiger partial charge in [-0.2, -0.15) is 0 Å². The van der Waals surface area contributed by atoms with E-state index in [1.807, 2.05) is 0 Å². The Hall–Kier alpha value is -2.34. The number of nitrogens with one attached hydrogen (secondary N) is 2. The van der Waals surface area contributed by atoms with Gasteiger partial charge in [-0.1, -0.05) is 29.8 Å². The lowest BCUT2D eigenvalue weighted by atomic mass is 10.1. The van der Waals surface area contributed by atoms with Gasteiger partial charge < -0.3 is 10.3 Å². The first-order valence-corrected chi connectivity index (χ1v) is 7.45. The Kier molecular flexibility index (Phi) is 4.75. The van der Waals surface area contributed by atoms with Crippen molar-refractivity contribution in [2.75, 3.05) is 0 Å². The van der Waals surface area contributed by atoms with Gasteiger partial charge in [0.1, 0.15) is 5.56 Å². The Balaban J connectivity index is 2.44. The number of carbonyl (C=O) groups excluding carboxylic acids is 1. The Bertz CT molecular complexity index is 847. The third-order valence-electron chi connectivity index (χ3n) is 3.08. The van der Waals surface area contributed by atoms with Crippen molar-refractivity contribution in [1.29, 1.82) is 0 Å². The number of H-pyrrole nitrogens is 1. The molecular formula is C16H18ClN3O3. The molecule has 0 aliphatic carbocycles. The van der Waals surface area contributed by atoms with Crippen molar-refractivity contribution in [1.82, 2.24) is 14.9 Å². The van der Waals surface area contributed by atoms with E-state index in [9.17, 15) is 14.4 Å². The molecule has 0 unspecified atom stereocenters. The number of nitrogens with zero attached hydrogens (tertiary/aromatic N) is 1. The van der Waals surface area contributed by atoms with Crippen LogP contribution in [0.3, 0.4) is 0 Å². The molecule has 0 saturated heterocycles. The van der Waals surface area contributed by atoms with Crippen LogP contribution in [-0.2, 0) is 6.54 Å². The number of carbonyl (C=O) groups is 1. The maximum atomic E-state index is 12.5. The number of halogens is 1. The molecule has 0 fully saturated rings. The Labute approximate surface area is 138 Å². The molecule has 0 atom stereocenters. The molecule has 0 spiro atoms. The summed E-state index contributed by atoms with van der Waals surface area (Å²) in [5.74, 6) is -0.536. The largest absolute Gasteiger partial charge is 0.347 e. The molecular weight excluding hydrogens is 318 g/mol. The van der Waals surface area contributed by atoms with Gasteiger partial charge in [0.2, 0.25) is 0 Å². The van der Waals surface area contributed by atoms with E-state index in [1.54, 1.807) is 45.0 Å². The van der Waals surface area contributed by atoms with Gasteiger partial charge in [-0.05, 0) is 32.4 Å². The van der Waals surface area contributed by atoms with Crippen LogP contribution in [0.4, 0.5) is 0 Å². The third-order valence-corrected chi connectivity index (χ3v) is 3.45. The van der Waals surface area contributed by atoms with Crippen molar-refractivity contribution in [2.24, 2.45) is 0 Å². The molecule has 0 aliphatic rings. The summed E-state index contributed by atoms with van der Waals surface area (Å²) < 4.78 is 0.957. The topological polar surface area (TPSA) is 84.0 Å². The highest BCUT2D eigenvalue weighted by molar-refractivity contribution is 6.31. The number of benzene rings is 1. The average Bonchev–Trinajstić information content (AvgIpc) is 2.43. The van der Waals surface area contributed by atoms with Gasteiger partial charge in [0.25, 0.3) is 11.5 Å². The molecule has 1 amide bonds. The first kappa shape index (κ1) is 17.0. The van der Waals surface area contributed by atoms with Crippen molar-refractivity contribution >= 4 is 17.5 Å². The standard InChI is InChI=1S/C16H18ClN3O3/c1-16(2,3)19-13(21)11-8-18-15(23)20(14(11)22)9-10-6-4-5-7-12(10)17/h4-8H,9H2,1-3H3,(H,18,23)(H,19,21). The van der Waals surface area contributed by atoms with Crippen LogP contribution >= 0.6 is 11.6 Å².